The van der Waals surface area contributed by atoms with Gasteiger partial charge in [0.1, 0.15) is 53.6 Å². The van der Waals surface area contributed by atoms with Crippen LogP contribution in [0.5, 0.6) is 0 Å². The maximum atomic E-state index is 14.0. The van der Waals surface area contributed by atoms with Gasteiger partial charge in [0.15, 0.2) is 0 Å². The summed E-state index contributed by atoms with van der Waals surface area (Å²) >= 11 is 0. The van der Waals surface area contributed by atoms with Crippen LogP contribution >= 0.6 is 0 Å². The Bertz CT molecular complexity index is 2540. The maximum Gasteiger partial charge on any atom is 0.417 e. The number of halogens is 6. The summed E-state index contributed by atoms with van der Waals surface area (Å²) in [5.41, 5.74) is -11.6. The van der Waals surface area contributed by atoms with E-state index in [-0.39, 0.29) is 22.3 Å². The number of hydrogen-bond donors (Lipinski definition) is 0. The Kier molecular flexibility index (Phi) is 8.44. The normalized spacial score (nSPS) is 12.8. The summed E-state index contributed by atoms with van der Waals surface area (Å²) < 4.78 is 84.1. The van der Waals surface area contributed by atoms with Gasteiger partial charge < -0.3 is 0 Å². The number of hydrogen-bond acceptors (Lipinski definition) is 9. The van der Waals surface area contributed by atoms with E-state index >= 15 is 0 Å². The van der Waals surface area contributed by atoms with E-state index in [0.717, 1.165) is 30.3 Å². The molecule has 0 N–H and O–H groups in total. The SMILES string of the molecule is N#CC(C#N)=C1C(c2ccc(C#N)c(C(F)(F)F)c2)=C(C#N)c2cc3c(c(C#N)c21)C(=C(C#N)C#N)C(c1ccc(C#N)c(C(F)(F)F)c1)=C3C#N. The minimum atomic E-state index is -5.08. The van der Waals surface area contributed by atoms with Gasteiger partial charge in [-0.2, -0.15) is 73.7 Å². The molecule has 0 atom stereocenters. The third-order valence-electron chi connectivity index (χ3n) is 8.12. The standard InChI is InChI=1S/C37H7F6N9/c38-36(39,40)28-5-17(1-3-19(28)8-44)30-25(14-50)23-7-24-26(15-51)31(18-2-4-20(9-45)29(6-18)37(41,42)43)33(22(12-48)13-49)35(24)27(16-52)34(23)32(30)21(10-46)11-47/h1-7H. The summed E-state index contributed by atoms with van der Waals surface area (Å²) in [7, 11) is 0. The zero-order chi connectivity index (χ0) is 38.3. The minimum Gasteiger partial charge on any atom is -0.192 e. The quantitative estimate of drug-likeness (QED) is 0.189. The second kappa shape index (κ2) is 12.6. The van der Waals surface area contributed by atoms with Gasteiger partial charge in [0, 0.05) is 44.5 Å². The topological polar surface area (TPSA) is 214 Å². The van der Waals surface area contributed by atoms with Gasteiger partial charge in [-0.3, -0.25) is 0 Å². The molecule has 3 aromatic rings. The molecule has 0 fully saturated rings. The molecule has 0 radical (unpaired) electrons. The highest BCUT2D eigenvalue weighted by molar-refractivity contribution is 6.31. The Balaban J connectivity index is 2.02. The molecule has 52 heavy (non-hydrogen) atoms. The molecule has 3 aromatic carbocycles. The van der Waals surface area contributed by atoms with E-state index in [2.05, 4.69) is 0 Å². The van der Waals surface area contributed by atoms with Crippen molar-refractivity contribution in [1.82, 2.24) is 0 Å². The van der Waals surface area contributed by atoms with E-state index in [1.165, 1.54) is 12.1 Å². The maximum absolute atomic E-state index is 14.0. The fraction of sp³-hybridized carbons (Fsp3) is 0.0541. The molecular formula is C37H7F6N9. The Morgan fingerprint density at radius 2 is 0.827 bits per heavy atom. The molecule has 2 aliphatic carbocycles. The molecule has 0 aromatic heterocycles. The number of allylic oxidation sites excluding steroid dienone is 8. The smallest absolute Gasteiger partial charge is 0.192 e. The average molecular weight is 692 g/mol. The lowest BCUT2D eigenvalue weighted by atomic mass is 9.84. The Morgan fingerprint density at radius 1 is 0.462 bits per heavy atom. The van der Waals surface area contributed by atoms with E-state index < -0.39 is 95.9 Å². The van der Waals surface area contributed by atoms with Crippen molar-refractivity contribution in [3.63, 3.8) is 0 Å². The first-order chi connectivity index (χ1) is 24.7. The van der Waals surface area contributed by atoms with Crippen LogP contribution in [0.1, 0.15) is 61.2 Å². The summed E-state index contributed by atoms with van der Waals surface area (Å²) in [6, 6.07) is 20.3. The second-order valence-corrected chi connectivity index (χ2v) is 10.6. The van der Waals surface area contributed by atoms with E-state index in [0.29, 0.717) is 12.1 Å². The average Bonchev–Trinajstić information content (AvgIpc) is 3.63. The molecule has 0 amide bonds. The van der Waals surface area contributed by atoms with Crippen LogP contribution in [0.3, 0.4) is 0 Å². The van der Waals surface area contributed by atoms with Gasteiger partial charge in [-0.05, 0) is 41.5 Å². The van der Waals surface area contributed by atoms with Gasteiger partial charge in [0.05, 0.1) is 51.1 Å². The van der Waals surface area contributed by atoms with Gasteiger partial charge in [-0.15, -0.1) is 0 Å². The number of fused-ring (bicyclic) bond motifs is 2. The summed E-state index contributed by atoms with van der Waals surface area (Å²) in [5.74, 6) is 0. The Labute approximate surface area is 288 Å². The lowest BCUT2D eigenvalue weighted by molar-refractivity contribution is -0.138. The largest absolute Gasteiger partial charge is 0.417 e. The number of alkyl halides is 6. The van der Waals surface area contributed by atoms with Gasteiger partial charge in [0.25, 0.3) is 0 Å². The molecule has 0 heterocycles. The number of benzene rings is 3. The van der Waals surface area contributed by atoms with Crippen LogP contribution in [-0.4, -0.2) is 0 Å². The van der Waals surface area contributed by atoms with Gasteiger partial charge in [0.2, 0.25) is 0 Å². The van der Waals surface area contributed by atoms with Gasteiger partial charge in [-0.25, -0.2) is 0 Å². The van der Waals surface area contributed by atoms with Gasteiger partial charge in [-0.1, -0.05) is 12.1 Å². The van der Waals surface area contributed by atoms with Crippen molar-refractivity contribution in [2.24, 2.45) is 0 Å². The molecule has 0 unspecified atom stereocenters. The number of nitriles is 9. The predicted molar refractivity (Wildman–Crippen MR) is 165 cm³/mol. The third-order valence-corrected chi connectivity index (χ3v) is 8.12. The summed E-state index contributed by atoms with van der Waals surface area (Å²) in [6.07, 6.45) is -10.2. The summed E-state index contributed by atoms with van der Waals surface area (Å²) in [5, 5.41) is 89.9. The van der Waals surface area contributed by atoms with Crippen molar-refractivity contribution in [1.29, 1.82) is 47.4 Å². The Morgan fingerprint density at radius 3 is 1.10 bits per heavy atom. The van der Waals surface area contributed by atoms with Crippen LogP contribution in [0.25, 0.3) is 33.4 Å². The molecule has 5 rings (SSSR count). The van der Waals surface area contributed by atoms with E-state index in [1.807, 2.05) is 6.07 Å². The monoisotopic (exact) mass is 691 g/mol. The van der Waals surface area contributed by atoms with Crippen LogP contribution in [-0.2, 0) is 12.4 Å². The van der Waals surface area contributed by atoms with Crippen molar-refractivity contribution in [2.75, 3.05) is 0 Å². The van der Waals surface area contributed by atoms with Gasteiger partial charge >= 0.3 is 12.4 Å². The lowest BCUT2D eigenvalue weighted by Gasteiger charge is -2.16. The summed E-state index contributed by atoms with van der Waals surface area (Å²) in [6.45, 7) is 0. The van der Waals surface area contributed by atoms with Crippen LogP contribution in [0, 0.1) is 102 Å². The van der Waals surface area contributed by atoms with Crippen LogP contribution in [0.15, 0.2) is 53.6 Å². The van der Waals surface area contributed by atoms with Crippen LogP contribution in [0.2, 0.25) is 0 Å². The molecule has 0 spiro atoms. The van der Waals surface area contributed by atoms with Crippen LogP contribution < -0.4 is 0 Å². The molecule has 15 heteroatoms. The molecule has 0 aliphatic heterocycles. The fourth-order valence-electron chi connectivity index (χ4n) is 6.12. The molecule has 2 aliphatic rings. The highest BCUT2D eigenvalue weighted by Crippen LogP contribution is 2.56. The highest BCUT2D eigenvalue weighted by Gasteiger charge is 2.42. The Hall–Kier alpha value is -8.39. The fourth-order valence-corrected chi connectivity index (χ4v) is 6.12. The second-order valence-electron chi connectivity index (χ2n) is 10.6. The molecule has 9 nitrogen and oxygen atoms in total. The highest BCUT2D eigenvalue weighted by atomic mass is 19.4. The first kappa shape index (κ1) is 34.9. The van der Waals surface area contributed by atoms with Crippen molar-refractivity contribution < 1.29 is 26.3 Å². The van der Waals surface area contributed by atoms with Crippen molar-refractivity contribution in [3.05, 3.63) is 115 Å². The first-order valence-electron chi connectivity index (χ1n) is 13.9. The molecule has 0 bridgehead atoms. The van der Waals surface area contributed by atoms with Crippen molar-refractivity contribution >= 4 is 33.4 Å². The predicted octanol–water partition coefficient (Wildman–Crippen LogP) is 7.84. The lowest BCUT2D eigenvalue weighted by Crippen LogP contribution is -2.09. The zero-order valence-corrected chi connectivity index (χ0v) is 25.3. The third kappa shape index (κ3) is 5.13. The van der Waals surface area contributed by atoms with Crippen molar-refractivity contribution in [3.8, 4) is 54.6 Å². The van der Waals surface area contributed by atoms with Crippen LogP contribution in [0.4, 0.5) is 26.3 Å². The van der Waals surface area contributed by atoms with E-state index in [4.69, 9.17) is 0 Å². The molecule has 0 saturated carbocycles. The molecule has 242 valence electrons. The molecular weight excluding hydrogens is 684 g/mol. The van der Waals surface area contributed by atoms with Crippen molar-refractivity contribution in [2.45, 2.75) is 12.4 Å². The zero-order valence-electron chi connectivity index (χ0n) is 25.3. The number of nitrogens with zero attached hydrogens (tertiary/aromatic N) is 9. The minimum absolute atomic E-state index is 0.275. The van der Waals surface area contributed by atoms with E-state index in [1.54, 1.807) is 36.4 Å². The summed E-state index contributed by atoms with van der Waals surface area (Å²) in [4.78, 5) is 0. The van der Waals surface area contributed by atoms with E-state index in [9.17, 15) is 73.7 Å². The molecule has 0 saturated heterocycles. The number of rotatable bonds is 2. The first-order valence-corrected chi connectivity index (χ1v) is 13.9.